The van der Waals surface area contributed by atoms with E-state index in [4.69, 9.17) is 0 Å². The molecule has 114 valence electrons. The van der Waals surface area contributed by atoms with E-state index in [-0.39, 0.29) is 11.7 Å². The molecule has 0 atom stereocenters. The van der Waals surface area contributed by atoms with Crippen LogP contribution in [0.3, 0.4) is 0 Å². The van der Waals surface area contributed by atoms with Crippen molar-refractivity contribution < 1.29 is 9.18 Å². The van der Waals surface area contributed by atoms with Crippen LogP contribution < -0.4 is 5.32 Å². The van der Waals surface area contributed by atoms with Crippen LogP contribution in [-0.2, 0) is 0 Å². The maximum atomic E-state index is 13.4. The Balaban J connectivity index is 1.76. The quantitative estimate of drug-likeness (QED) is 0.900. The lowest BCUT2D eigenvalue weighted by Crippen LogP contribution is -2.40. The fourth-order valence-corrected chi connectivity index (χ4v) is 3.36. The van der Waals surface area contributed by atoms with Gasteiger partial charge in [-0.3, -0.25) is 4.79 Å². The zero-order valence-corrected chi connectivity index (χ0v) is 13.5. The summed E-state index contributed by atoms with van der Waals surface area (Å²) in [6.07, 6.45) is 4.37. The number of benzene rings is 1. The molecule has 3 nitrogen and oxygen atoms in total. The first-order valence-corrected chi connectivity index (χ1v) is 8.41. The van der Waals surface area contributed by atoms with E-state index in [9.17, 15) is 9.18 Å². The summed E-state index contributed by atoms with van der Waals surface area (Å²) in [6.45, 7) is 2.86. The molecule has 0 radical (unpaired) electrons. The first-order chi connectivity index (χ1) is 10.1. The molecule has 1 saturated carbocycles. The summed E-state index contributed by atoms with van der Waals surface area (Å²) in [7, 11) is 0. The summed E-state index contributed by atoms with van der Waals surface area (Å²) < 4.78 is 14.1. The molecule has 2 aliphatic rings. The number of carbonyl (C=O) groups excluding carboxylic acids is 1. The number of amides is 1. The predicted molar refractivity (Wildman–Crippen MR) is 83.8 cm³/mol. The standard InChI is InChI=1S/C16H20BrFN2O/c17-15-4-1-12(18)9-14(15)16(21)20(13-2-3-13)10-11-5-7-19-8-6-11/h1,4,9,11,13,19H,2-3,5-8,10H2. The van der Waals surface area contributed by atoms with Crippen molar-refractivity contribution in [2.24, 2.45) is 5.92 Å². The molecule has 1 N–H and O–H groups in total. The van der Waals surface area contributed by atoms with Crippen LogP contribution in [0.5, 0.6) is 0 Å². The molecule has 1 amide bonds. The topological polar surface area (TPSA) is 32.3 Å². The first-order valence-electron chi connectivity index (χ1n) is 7.62. The minimum Gasteiger partial charge on any atom is -0.335 e. The summed E-state index contributed by atoms with van der Waals surface area (Å²) in [5.41, 5.74) is 0.441. The van der Waals surface area contributed by atoms with Crippen molar-refractivity contribution in [1.82, 2.24) is 10.2 Å². The SMILES string of the molecule is O=C(c1cc(F)ccc1Br)N(CC1CCNCC1)C1CC1. The van der Waals surface area contributed by atoms with E-state index in [1.54, 1.807) is 6.07 Å². The Morgan fingerprint density at radius 1 is 1.29 bits per heavy atom. The van der Waals surface area contributed by atoms with Crippen molar-refractivity contribution in [1.29, 1.82) is 0 Å². The van der Waals surface area contributed by atoms with Gasteiger partial charge in [-0.15, -0.1) is 0 Å². The number of piperidine rings is 1. The number of nitrogens with zero attached hydrogens (tertiary/aromatic N) is 1. The van der Waals surface area contributed by atoms with Gasteiger partial charge in [-0.05, 0) is 78.8 Å². The van der Waals surface area contributed by atoms with Gasteiger partial charge in [-0.2, -0.15) is 0 Å². The van der Waals surface area contributed by atoms with Crippen LogP contribution in [0.15, 0.2) is 22.7 Å². The van der Waals surface area contributed by atoms with Crippen molar-refractivity contribution in [3.05, 3.63) is 34.1 Å². The Kier molecular flexibility index (Phi) is 4.60. The van der Waals surface area contributed by atoms with E-state index < -0.39 is 0 Å². The van der Waals surface area contributed by atoms with Gasteiger partial charge in [-0.25, -0.2) is 4.39 Å². The number of hydrogen-bond donors (Lipinski definition) is 1. The molecular weight excluding hydrogens is 335 g/mol. The molecule has 0 unspecified atom stereocenters. The van der Waals surface area contributed by atoms with E-state index in [1.165, 1.54) is 12.1 Å². The van der Waals surface area contributed by atoms with Crippen molar-refractivity contribution in [3.8, 4) is 0 Å². The average Bonchev–Trinajstić information content (AvgIpc) is 3.32. The summed E-state index contributed by atoms with van der Waals surface area (Å²) in [5, 5.41) is 3.35. The van der Waals surface area contributed by atoms with E-state index in [0.717, 1.165) is 45.3 Å². The third-order valence-electron chi connectivity index (χ3n) is 4.32. The minimum absolute atomic E-state index is 0.0394. The Hall–Kier alpha value is -0.940. The molecule has 1 heterocycles. The lowest BCUT2D eigenvalue weighted by atomic mass is 9.97. The molecule has 1 aromatic rings. The van der Waals surface area contributed by atoms with Gasteiger partial charge < -0.3 is 10.2 Å². The minimum atomic E-state index is -0.362. The Morgan fingerprint density at radius 2 is 2.00 bits per heavy atom. The normalized spacial score (nSPS) is 19.5. The third-order valence-corrected chi connectivity index (χ3v) is 5.01. The lowest BCUT2D eigenvalue weighted by molar-refractivity contribution is 0.0700. The average molecular weight is 355 g/mol. The first kappa shape index (κ1) is 15.0. The fourth-order valence-electron chi connectivity index (χ4n) is 2.94. The second-order valence-corrected chi connectivity index (χ2v) is 6.86. The number of carbonyl (C=O) groups is 1. The second kappa shape index (κ2) is 6.44. The summed E-state index contributed by atoms with van der Waals surface area (Å²) in [6, 6.07) is 4.67. The zero-order valence-electron chi connectivity index (χ0n) is 11.9. The van der Waals surface area contributed by atoms with Crippen LogP contribution in [0.2, 0.25) is 0 Å². The molecular formula is C16H20BrFN2O. The highest BCUT2D eigenvalue weighted by atomic mass is 79.9. The van der Waals surface area contributed by atoms with Crippen LogP contribution in [0.1, 0.15) is 36.0 Å². The lowest BCUT2D eigenvalue weighted by Gasteiger charge is -2.30. The second-order valence-electron chi connectivity index (χ2n) is 6.01. The molecule has 0 bridgehead atoms. The number of hydrogen-bond acceptors (Lipinski definition) is 2. The van der Waals surface area contributed by atoms with Gasteiger partial charge in [0, 0.05) is 17.1 Å². The van der Waals surface area contributed by atoms with Crippen LogP contribution in [0.4, 0.5) is 4.39 Å². The van der Waals surface area contributed by atoms with Gasteiger partial charge in [0.25, 0.3) is 5.91 Å². The molecule has 2 fully saturated rings. The van der Waals surface area contributed by atoms with Crippen LogP contribution >= 0.6 is 15.9 Å². The van der Waals surface area contributed by atoms with Gasteiger partial charge in [-0.1, -0.05) is 0 Å². The van der Waals surface area contributed by atoms with Gasteiger partial charge >= 0.3 is 0 Å². The maximum Gasteiger partial charge on any atom is 0.255 e. The van der Waals surface area contributed by atoms with Crippen LogP contribution in [0.25, 0.3) is 0 Å². The molecule has 1 aliphatic carbocycles. The van der Waals surface area contributed by atoms with Crippen molar-refractivity contribution >= 4 is 21.8 Å². The highest BCUT2D eigenvalue weighted by Crippen LogP contribution is 2.31. The highest BCUT2D eigenvalue weighted by molar-refractivity contribution is 9.10. The Labute approximate surface area is 133 Å². The van der Waals surface area contributed by atoms with Crippen LogP contribution in [-0.4, -0.2) is 36.5 Å². The zero-order chi connectivity index (χ0) is 14.8. The van der Waals surface area contributed by atoms with Gasteiger partial charge in [0.15, 0.2) is 0 Å². The molecule has 5 heteroatoms. The Bertz CT molecular complexity index is 527. The Morgan fingerprint density at radius 3 is 2.67 bits per heavy atom. The monoisotopic (exact) mass is 354 g/mol. The molecule has 1 aromatic carbocycles. The maximum absolute atomic E-state index is 13.4. The van der Waals surface area contributed by atoms with Gasteiger partial charge in [0.1, 0.15) is 5.82 Å². The molecule has 1 aliphatic heterocycles. The van der Waals surface area contributed by atoms with Gasteiger partial charge in [0.2, 0.25) is 0 Å². The predicted octanol–water partition coefficient (Wildman–Crippen LogP) is 3.19. The van der Waals surface area contributed by atoms with Crippen molar-refractivity contribution in [2.75, 3.05) is 19.6 Å². The smallest absolute Gasteiger partial charge is 0.255 e. The summed E-state index contributed by atoms with van der Waals surface area (Å²) in [4.78, 5) is 14.8. The number of rotatable bonds is 4. The largest absolute Gasteiger partial charge is 0.335 e. The van der Waals surface area contributed by atoms with E-state index in [1.807, 2.05) is 4.90 Å². The molecule has 3 rings (SSSR count). The molecule has 21 heavy (non-hydrogen) atoms. The van der Waals surface area contributed by atoms with E-state index in [2.05, 4.69) is 21.2 Å². The third kappa shape index (κ3) is 3.64. The molecule has 1 saturated heterocycles. The molecule has 0 spiro atoms. The van der Waals surface area contributed by atoms with Crippen molar-refractivity contribution in [3.63, 3.8) is 0 Å². The number of halogens is 2. The fraction of sp³-hybridized carbons (Fsp3) is 0.562. The van der Waals surface area contributed by atoms with Crippen LogP contribution in [0, 0.1) is 11.7 Å². The summed E-state index contributed by atoms with van der Waals surface area (Å²) >= 11 is 3.37. The van der Waals surface area contributed by atoms with E-state index >= 15 is 0 Å². The van der Waals surface area contributed by atoms with Crippen molar-refractivity contribution in [2.45, 2.75) is 31.7 Å². The van der Waals surface area contributed by atoms with Gasteiger partial charge in [0.05, 0.1) is 5.56 Å². The highest BCUT2D eigenvalue weighted by Gasteiger charge is 2.35. The molecule has 0 aromatic heterocycles. The summed E-state index contributed by atoms with van der Waals surface area (Å²) in [5.74, 6) is 0.157. The number of nitrogens with one attached hydrogen (secondary N) is 1. The van der Waals surface area contributed by atoms with E-state index in [0.29, 0.717) is 22.0 Å².